The van der Waals surface area contributed by atoms with E-state index in [1.807, 2.05) is 30.3 Å². The minimum Gasteiger partial charge on any atom is -0.405 e. The minimum absolute atomic E-state index is 0.463. The summed E-state index contributed by atoms with van der Waals surface area (Å²) in [6.07, 6.45) is 1.04. The molecule has 0 aliphatic heterocycles. The van der Waals surface area contributed by atoms with E-state index in [0.717, 1.165) is 13.0 Å². The van der Waals surface area contributed by atoms with Crippen LogP contribution in [0.1, 0.15) is 37.8 Å². The van der Waals surface area contributed by atoms with Crippen molar-refractivity contribution in [2.24, 2.45) is 5.92 Å². The Morgan fingerprint density at radius 1 is 1.04 bits per heavy atom. The van der Waals surface area contributed by atoms with E-state index in [-0.39, 0.29) is 0 Å². The van der Waals surface area contributed by atoms with Crippen LogP contribution >= 0.6 is 11.6 Å². The maximum absolute atomic E-state index is 6.33. The molecule has 0 amide bonds. The molecule has 2 aromatic rings. The quantitative estimate of drug-likeness (QED) is 0.615. The van der Waals surface area contributed by atoms with Crippen LogP contribution in [0.15, 0.2) is 48.5 Å². The van der Waals surface area contributed by atoms with Crippen LogP contribution < -0.4 is 4.84 Å². The molecule has 0 bridgehead atoms. The highest BCUT2D eigenvalue weighted by atomic mass is 35.5. The third kappa shape index (κ3) is 5.56. The number of nitrogens with zero attached hydrogens (tertiary/aromatic N) is 1. The molecule has 2 aromatic carbocycles. The first-order valence-electron chi connectivity index (χ1n) is 8.18. The lowest BCUT2D eigenvalue weighted by Gasteiger charge is -2.22. The highest BCUT2D eigenvalue weighted by molar-refractivity contribution is 6.32. The molecule has 0 aliphatic carbocycles. The van der Waals surface area contributed by atoms with Crippen molar-refractivity contribution in [1.29, 1.82) is 0 Å². The lowest BCUT2D eigenvalue weighted by atomic mass is 10.0. The molecule has 23 heavy (non-hydrogen) atoms. The first-order chi connectivity index (χ1) is 11.0. The fraction of sp³-hybridized carbons (Fsp3) is 0.400. The molecule has 0 spiro atoms. The molecule has 2 nitrogen and oxygen atoms in total. The van der Waals surface area contributed by atoms with Gasteiger partial charge in [-0.05, 0) is 41.5 Å². The minimum atomic E-state index is 0.463. The van der Waals surface area contributed by atoms with Crippen LogP contribution in [0.2, 0.25) is 5.02 Å². The zero-order valence-electron chi connectivity index (χ0n) is 14.4. The van der Waals surface area contributed by atoms with Crippen LogP contribution in [-0.4, -0.2) is 18.7 Å². The molecular weight excluding hydrogens is 306 g/mol. The molecule has 0 fully saturated rings. The number of halogens is 1. The molecule has 3 heteroatoms. The van der Waals surface area contributed by atoms with Gasteiger partial charge in [-0.15, -0.1) is 5.06 Å². The van der Waals surface area contributed by atoms with Gasteiger partial charge in [0, 0.05) is 13.6 Å². The van der Waals surface area contributed by atoms with Crippen molar-refractivity contribution in [3.8, 4) is 5.75 Å². The Morgan fingerprint density at radius 2 is 1.74 bits per heavy atom. The Kier molecular flexibility index (Phi) is 6.49. The summed E-state index contributed by atoms with van der Waals surface area (Å²) in [6.45, 7) is 7.39. The molecule has 0 radical (unpaired) electrons. The van der Waals surface area contributed by atoms with Gasteiger partial charge in [0.15, 0.2) is 5.75 Å². The maximum atomic E-state index is 6.33. The Morgan fingerprint density at radius 3 is 2.35 bits per heavy atom. The van der Waals surface area contributed by atoms with Gasteiger partial charge in [-0.1, -0.05) is 68.8 Å². The molecule has 124 valence electrons. The van der Waals surface area contributed by atoms with Crippen LogP contribution in [0.5, 0.6) is 5.75 Å². The first kappa shape index (κ1) is 17.8. The van der Waals surface area contributed by atoms with Gasteiger partial charge in [0.1, 0.15) is 0 Å². The standard InChI is InChI=1S/C20H26ClNO/c1-15(2)18-10-11-20(19(21)13-18)23-22(4)14-16(3)12-17-8-6-5-7-9-17/h5-11,13,15-16H,12,14H2,1-4H3. The van der Waals surface area contributed by atoms with Crippen molar-refractivity contribution >= 4 is 11.6 Å². The molecule has 0 aliphatic rings. The lowest BCUT2D eigenvalue weighted by Crippen LogP contribution is -2.28. The maximum Gasteiger partial charge on any atom is 0.166 e. The fourth-order valence-corrected chi connectivity index (χ4v) is 2.90. The van der Waals surface area contributed by atoms with Gasteiger partial charge in [-0.3, -0.25) is 0 Å². The summed E-state index contributed by atoms with van der Waals surface area (Å²) >= 11 is 6.33. The molecule has 0 aromatic heterocycles. The summed E-state index contributed by atoms with van der Waals surface area (Å²) in [5.74, 6) is 1.67. The average Bonchev–Trinajstić information content (AvgIpc) is 2.49. The second kappa shape index (κ2) is 8.37. The second-order valence-corrected chi connectivity index (χ2v) is 6.95. The van der Waals surface area contributed by atoms with Crippen molar-refractivity contribution in [3.63, 3.8) is 0 Å². The van der Waals surface area contributed by atoms with Gasteiger partial charge in [-0.25, -0.2) is 0 Å². The fourth-order valence-electron chi connectivity index (χ4n) is 2.68. The molecule has 1 unspecified atom stereocenters. The highest BCUT2D eigenvalue weighted by Gasteiger charge is 2.12. The van der Waals surface area contributed by atoms with Crippen molar-refractivity contribution < 1.29 is 4.84 Å². The predicted molar refractivity (Wildman–Crippen MR) is 98.1 cm³/mol. The largest absolute Gasteiger partial charge is 0.405 e. The van der Waals surface area contributed by atoms with Gasteiger partial charge in [0.25, 0.3) is 0 Å². The third-order valence-electron chi connectivity index (χ3n) is 3.87. The van der Waals surface area contributed by atoms with Gasteiger partial charge in [-0.2, -0.15) is 0 Å². The summed E-state index contributed by atoms with van der Waals surface area (Å²) in [4.78, 5) is 5.89. The molecule has 2 rings (SSSR count). The Balaban J connectivity index is 1.90. The zero-order chi connectivity index (χ0) is 16.8. The zero-order valence-corrected chi connectivity index (χ0v) is 15.2. The average molecular weight is 332 g/mol. The molecule has 0 saturated carbocycles. The van der Waals surface area contributed by atoms with Crippen LogP contribution in [-0.2, 0) is 6.42 Å². The number of hydroxylamine groups is 2. The van der Waals surface area contributed by atoms with Gasteiger partial charge < -0.3 is 4.84 Å². The van der Waals surface area contributed by atoms with E-state index in [9.17, 15) is 0 Å². The summed E-state index contributed by atoms with van der Waals surface area (Å²) in [5, 5.41) is 2.53. The number of rotatable bonds is 7. The van der Waals surface area contributed by atoms with Crippen LogP contribution in [0.25, 0.3) is 0 Å². The van der Waals surface area contributed by atoms with Gasteiger partial charge in [0.2, 0.25) is 0 Å². The van der Waals surface area contributed by atoms with E-state index < -0.39 is 0 Å². The highest BCUT2D eigenvalue weighted by Crippen LogP contribution is 2.29. The molecule has 0 N–H and O–H groups in total. The van der Waals surface area contributed by atoms with Crippen molar-refractivity contribution in [3.05, 3.63) is 64.7 Å². The number of benzene rings is 2. The summed E-state index contributed by atoms with van der Waals surface area (Å²) < 4.78 is 0. The Hall–Kier alpha value is -1.51. The van der Waals surface area contributed by atoms with Gasteiger partial charge >= 0.3 is 0 Å². The topological polar surface area (TPSA) is 12.5 Å². The summed E-state index contributed by atoms with van der Waals surface area (Å²) in [6, 6.07) is 16.6. The Bertz CT molecular complexity index is 612. The smallest absolute Gasteiger partial charge is 0.166 e. The van der Waals surface area contributed by atoms with Crippen LogP contribution in [0, 0.1) is 5.92 Å². The van der Waals surface area contributed by atoms with Crippen LogP contribution in [0.3, 0.4) is 0 Å². The van der Waals surface area contributed by atoms with E-state index in [0.29, 0.717) is 22.6 Å². The third-order valence-corrected chi connectivity index (χ3v) is 4.17. The van der Waals surface area contributed by atoms with Crippen molar-refractivity contribution in [2.45, 2.75) is 33.1 Å². The first-order valence-corrected chi connectivity index (χ1v) is 8.56. The monoisotopic (exact) mass is 331 g/mol. The normalized spacial score (nSPS) is 12.7. The molecular formula is C20H26ClNO. The molecule has 0 saturated heterocycles. The molecule has 0 heterocycles. The number of hydrogen-bond donors (Lipinski definition) is 0. The van der Waals surface area contributed by atoms with E-state index in [1.54, 1.807) is 0 Å². The second-order valence-electron chi connectivity index (χ2n) is 6.54. The Labute approximate surface area is 145 Å². The summed E-state index contributed by atoms with van der Waals surface area (Å²) in [7, 11) is 1.95. The van der Waals surface area contributed by atoms with Gasteiger partial charge in [0.05, 0.1) is 5.02 Å². The van der Waals surface area contributed by atoms with Crippen molar-refractivity contribution in [1.82, 2.24) is 5.06 Å². The van der Waals surface area contributed by atoms with E-state index in [2.05, 4.69) is 51.1 Å². The predicted octanol–water partition coefficient (Wildman–Crippen LogP) is 5.57. The van der Waals surface area contributed by atoms with Crippen molar-refractivity contribution in [2.75, 3.05) is 13.6 Å². The molecule has 1 atom stereocenters. The van der Waals surface area contributed by atoms with E-state index >= 15 is 0 Å². The van der Waals surface area contributed by atoms with Crippen LogP contribution in [0.4, 0.5) is 0 Å². The lowest BCUT2D eigenvalue weighted by molar-refractivity contribution is -0.0422. The van der Waals surface area contributed by atoms with E-state index in [1.165, 1.54) is 11.1 Å². The summed E-state index contributed by atoms with van der Waals surface area (Å²) in [5.41, 5.74) is 2.58. The number of hydrogen-bond acceptors (Lipinski definition) is 2. The van der Waals surface area contributed by atoms with E-state index in [4.69, 9.17) is 16.4 Å². The SMILES string of the molecule is CC(Cc1ccccc1)CN(C)Oc1ccc(C(C)C)cc1Cl.